The fraction of sp³-hybridized carbons (Fsp3) is 0.261. The average Bonchev–Trinajstić information content (AvgIpc) is 3.08. The molecule has 162 valence electrons. The van der Waals surface area contributed by atoms with E-state index in [9.17, 15) is 9.59 Å². The van der Waals surface area contributed by atoms with Gasteiger partial charge in [-0.2, -0.15) is 5.10 Å². The minimum Gasteiger partial charge on any atom is -0.493 e. The zero-order valence-electron chi connectivity index (χ0n) is 18.0. The molecule has 0 aliphatic heterocycles. The molecule has 0 radical (unpaired) electrons. The first kappa shape index (κ1) is 22.0. The van der Waals surface area contributed by atoms with Crippen LogP contribution in [0.2, 0.25) is 0 Å². The van der Waals surface area contributed by atoms with E-state index in [1.54, 1.807) is 43.8 Å². The number of hydrogen-bond donors (Lipinski definition) is 1. The molecule has 8 heteroatoms. The number of benzene rings is 2. The highest BCUT2D eigenvalue weighted by atomic mass is 16.5. The maximum absolute atomic E-state index is 12.9. The maximum Gasteiger partial charge on any atom is 0.296 e. The fourth-order valence-electron chi connectivity index (χ4n) is 3.20. The first-order valence-corrected chi connectivity index (χ1v) is 9.73. The number of anilines is 1. The van der Waals surface area contributed by atoms with E-state index in [1.807, 2.05) is 30.3 Å². The Kier molecular flexibility index (Phi) is 7.04. The van der Waals surface area contributed by atoms with Crippen LogP contribution in [0.4, 0.5) is 5.69 Å². The maximum atomic E-state index is 12.9. The molecule has 0 saturated heterocycles. The smallest absolute Gasteiger partial charge is 0.296 e. The molecule has 3 rings (SSSR count). The largest absolute Gasteiger partial charge is 0.493 e. The summed E-state index contributed by atoms with van der Waals surface area (Å²) in [7, 11) is 3.10. The number of aryl methyl sites for hydroxylation is 1. The molecular weight excluding hydrogens is 398 g/mol. The molecule has 31 heavy (non-hydrogen) atoms. The van der Waals surface area contributed by atoms with Crippen molar-refractivity contribution in [3.63, 3.8) is 0 Å². The van der Waals surface area contributed by atoms with E-state index in [-0.39, 0.29) is 5.56 Å². The lowest BCUT2D eigenvalue weighted by molar-refractivity contribution is -0.112. The van der Waals surface area contributed by atoms with Crippen molar-refractivity contribution in [1.82, 2.24) is 9.78 Å². The van der Waals surface area contributed by atoms with Gasteiger partial charge in [0.1, 0.15) is 6.61 Å². The number of amides is 1. The third-order valence-electron chi connectivity index (χ3n) is 4.69. The van der Waals surface area contributed by atoms with Crippen molar-refractivity contribution in [2.24, 2.45) is 0 Å². The summed E-state index contributed by atoms with van der Waals surface area (Å²) in [5, 5.41) is 7.07. The second kappa shape index (κ2) is 9.90. The molecule has 0 saturated carbocycles. The van der Waals surface area contributed by atoms with Crippen LogP contribution in [0.1, 0.15) is 21.7 Å². The van der Waals surface area contributed by atoms with Crippen molar-refractivity contribution in [3.05, 3.63) is 65.5 Å². The zero-order chi connectivity index (χ0) is 22.4. The molecular formula is C23H25N3O5. The number of nitrogens with one attached hydrogen (secondary N) is 1. The van der Waals surface area contributed by atoms with Crippen LogP contribution in [-0.2, 0) is 9.53 Å². The SMILES string of the molecule is COCCOc1cc(NC(=O)C(=O)c2c(C)nn(-c3ccccc3)c2C)ccc1OC. The van der Waals surface area contributed by atoms with Crippen molar-refractivity contribution >= 4 is 17.4 Å². The van der Waals surface area contributed by atoms with Crippen molar-refractivity contribution in [3.8, 4) is 17.2 Å². The minimum atomic E-state index is -0.758. The molecule has 0 unspecified atom stereocenters. The van der Waals surface area contributed by atoms with Gasteiger partial charge in [-0.15, -0.1) is 0 Å². The number of aromatic nitrogens is 2. The molecule has 0 fully saturated rings. The number of para-hydroxylation sites is 1. The van der Waals surface area contributed by atoms with Gasteiger partial charge in [-0.3, -0.25) is 9.59 Å². The highest BCUT2D eigenvalue weighted by Gasteiger charge is 2.25. The average molecular weight is 423 g/mol. The number of ketones is 1. The van der Waals surface area contributed by atoms with Gasteiger partial charge in [-0.1, -0.05) is 18.2 Å². The Balaban J connectivity index is 1.81. The van der Waals surface area contributed by atoms with Crippen LogP contribution in [0.15, 0.2) is 48.5 Å². The van der Waals surface area contributed by atoms with Crippen LogP contribution in [-0.4, -0.2) is 48.9 Å². The van der Waals surface area contributed by atoms with Crippen LogP contribution >= 0.6 is 0 Å². The van der Waals surface area contributed by atoms with Crippen molar-refractivity contribution < 1.29 is 23.8 Å². The highest BCUT2D eigenvalue weighted by molar-refractivity contribution is 6.47. The number of nitrogens with zero attached hydrogens (tertiary/aromatic N) is 2. The molecule has 0 spiro atoms. The Bertz CT molecular complexity index is 1080. The molecule has 8 nitrogen and oxygen atoms in total. The summed E-state index contributed by atoms with van der Waals surface area (Å²) in [6, 6.07) is 14.3. The van der Waals surface area contributed by atoms with Gasteiger partial charge in [-0.05, 0) is 38.1 Å². The van der Waals surface area contributed by atoms with Crippen LogP contribution in [0.3, 0.4) is 0 Å². The van der Waals surface area contributed by atoms with Crippen LogP contribution < -0.4 is 14.8 Å². The van der Waals surface area contributed by atoms with Crippen molar-refractivity contribution in [2.75, 3.05) is 32.8 Å². The summed E-state index contributed by atoms with van der Waals surface area (Å²) in [6.45, 7) is 4.20. The van der Waals surface area contributed by atoms with E-state index >= 15 is 0 Å². The topological polar surface area (TPSA) is 91.7 Å². The third kappa shape index (κ3) is 4.92. The van der Waals surface area contributed by atoms with Crippen LogP contribution in [0.5, 0.6) is 11.5 Å². The summed E-state index contributed by atoms with van der Waals surface area (Å²) in [5.74, 6) is -0.466. The molecule has 3 aromatic rings. The second-order valence-corrected chi connectivity index (χ2v) is 6.78. The molecule has 0 aliphatic carbocycles. The summed E-state index contributed by atoms with van der Waals surface area (Å²) in [6.07, 6.45) is 0. The predicted molar refractivity (Wildman–Crippen MR) is 116 cm³/mol. The van der Waals surface area contributed by atoms with Crippen molar-refractivity contribution in [1.29, 1.82) is 0 Å². The number of carbonyl (C=O) groups excluding carboxylic acids is 2. The van der Waals surface area contributed by atoms with Gasteiger partial charge >= 0.3 is 0 Å². The molecule has 2 aromatic carbocycles. The van der Waals surface area contributed by atoms with Crippen LogP contribution in [0.25, 0.3) is 5.69 Å². The van der Waals surface area contributed by atoms with Gasteiger partial charge < -0.3 is 19.5 Å². The summed E-state index contributed by atoms with van der Waals surface area (Å²) < 4.78 is 17.5. The quantitative estimate of drug-likeness (QED) is 0.322. The third-order valence-corrected chi connectivity index (χ3v) is 4.69. The fourth-order valence-corrected chi connectivity index (χ4v) is 3.20. The second-order valence-electron chi connectivity index (χ2n) is 6.78. The van der Waals surface area contributed by atoms with Gasteiger partial charge in [0.25, 0.3) is 11.7 Å². The van der Waals surface area contributed by atoms with Crippen molar-refractivity contribution in [2.45, 2.75) is 13.8 Å². The molecule has 1 N–H and O–H groups in total. The lowest BCUT2D eigenvalue weighted by Gasteiger charge is -2.12. The molecule has 0 bridgehead atoms. The van der Waals surface area contributed by atoms with Gasteiger partial charge in [0.2, 0.25) is 0 Å². The molecule has 1 amide bonds. The summed E-state index contributed by atoms with van der Waals surface area (Å²) >= 11 is 0. The monoisotopic (exact) mass is 423 g/mol. The number of methoxy groups -OCH3 is 2. The summed E-state index contributed by atoms with van der Waals surface area (Å²) in [4.78, 5) is 25.6. The molecule has 0 aliphatic rings. The first-order valence-electron chi connectivity index (χ1n) is 9.73. The number of Topliss-reactive ketones (excluding diaryl/α,β-unsaturated/α-hetero) is 1. The molecule has 1 aromatic heterocycles. The normalized spacial score (nSPS) is 10.6. The minimum absolute atomic E-state index is 0.284. The van der Waals surface area contributed by atoms with Crippen LogP contribution in [0, 0.1) is 13.8 Å². The van der Waals surface area contributed by atoms with E-state index in [0.29, 0.717) is 41.8 Å². The van der Waals surface area contributed by atoms with E-state index < -0.39 is 11.7 Å². The lowest BCUT2D eigenvalue weighted by atomic mass is 10.1. The van der Waals surface area contributed by atoms with Gasteiger partial charge in [0.05, 0.1) is 36.4 Å². The Morgan fingerprint density at radius 3 is 2.42 bits per heavy atom. The van der Waals surface area contributed by atoms with E-state index in [2.05, 4.69) is 10.4 Å². The standard InChI is InChI=1S/C23H25N3O5/c1-15-21(16(2)26(25-15)18-8-6-5-7-9-18)22(27)23(28)24-17-10-11-19(30-4)20(14-17)31-13-12-29-3/h5-11,14H,12-13H2,1-4H3,(H,24,28). The summed E-state index contributed by atoms with van der Waals surface area (Å²) in [5.41, 5.74) is 2.60. The molecule has 1 heterocycles. The Morgan fingerprint density at radius 1 is 1.00 bits per heavy atom. The van der Waals surface area contributed by atoms with E-state index in [4.69, 9.17) is 14.2 Å². The Morgan fingerprint density at radius 2 is 1.74 bits per heavy atom. The number of rotatable bonds is 9. The number of hydrogen-bond acceptors (Lipinski definition) is 6. The van der Waals surface area contributed by atoms with Gasteiger partial charge in [0.15, 0.2) is 11.5 Å². The van der Waals surface area contributed by atoms with Gasteiger partial charge in [-0.25, -0.2) is 4.68 Å². The van der Waals surface area contributed by atoms with Gasteiger partial charge in [0, 0.05) is 18.9 Å². The predicted octanol–water partition coefficient (Wildman–Crippen LogP) is 3.34. The first-order chi connectivity index (χ1) is 15.0. The molecule has 0 atom stereocenters. The Labute approximate surface area is 180 Å². The zero-order valence-corrected chi connectivity index (χ0v) is 18.0. The Hall–Kier alpha value is -3.65. The highest BCUT2D eigenvalue weighted by Crippen LogP contribution is 2.30. The van der Waals surface area contributed by atoms with E-state index in [0.717, 1.165) is 5.69 Å². The number of carbonyl (C=O) groups is 2. The number of ether oxygens (including phenoxy) is 3. The van der Waals surface area contributed by atoms with E-state index in [1.165, 1.54) is 7.11 Å². The lowest BCUT2D eigenvalue weighted by Crippen LogP contribution is -2.24.